The Bertz CT molecular complexity index is 1730. The number of amides is 1. The van der Waals surface area contributed by atoms with Crippen molar-refractivity contribution in [2.24, 2.45) is 0 Å². The van der Waals surface area contributed by atoms with Crippen molar-refractivity contribution in [3.63, 3.8) is 0 Å². The molecule has 202 valence electrons. The minimum Gasteiger partial charge on any atom is -0.457 e. The van der Waals surface area contributed by atoms with Gasteiger partial charge in [-0.25, -0.2) is 4.98 Å². The van der Waals surface area contributed by atoms with Gasteiger partial charge in [-0.05, 0) is 61.0 Å². The van der Waals surface area contributed by atoms with Crippen LogP contribution in [0.3, 0.4) is 0 Å². The number of rotatable bonds is 8. The van der Waals surface area contributed by atoms with Crippen molar-refractivity contribution in [3.05, 3.63) is 103 Å². The van der Waals surface area contributed by atoms with Crippen molar-refractivity contribution >= 4 is 28.8 Å². The molecule has 1 amide bonds. The number of carbonyl (C=O) groups is 1. The maximum Gasteiger partial charge on any atom is 0.264 e. The van der Waals surface area contributed by atoms with Crippen molar-refractivity contribution in [2.75, 3.05) is 18.4 Å². The Hall–Kier alpha value is -5.69. The Morgan fingerprint density at radius 1 is 0.951 bits per heavy atom. The van der Waals surface area contributed by atoms with Crippen molar-refractivity contribution in [2.45, 2.75) is 12.5 Å². The van der Waals surface area contributed by atoms with E-state index < -0.39 is 0 Å². The zero-order chi connectivity index (χ0) is 28.0. The number of fused-ring (bicyclic) bond motifs is 1. The first-order valence-corrected chi connectivity index (χ1v) is 13.1. The van der Waals surface area contributed by atoms with Crippen LogP contribution in [0.2, 0.25) is 0 Å². The zero-order valence-electron chi connectivity index (χ0n) is 21.9. The Morgan fingerprint density at radius 2 is 1.71 bits per heavy atom. The minimum atomic E-state index is -0.320. The monoisotopic (exact) mass is 543 g/mol. The predicted octanol–water partition coefficient (Wildman–Crippen LogP) is 5.56. The summed E-state index contributed by atoms with van der Waals surface area (Å²) < 4.78 is 12.1. The number of ether oxygens (including phenoxy) is 2. The fourth-order valence-corrected chi connectivity index (χ4v) is 4.62. The van der Waals surface area contributed by atoms with E-state index in [1.807, 2.05) is 66.7 Å². The number of anilines is 1. The van der Waals surface area contributed by atoms with E-state index in [4.69, 9.17) is 9.47 Å². The van der Waals surface area contributed by atoms with Gasteiger partial charge >= 0.3 is 0 Å². The first-order chi connectivity index (χ1) is 20.2. The molecule has 10 heteroatoms. The van der Waals surface area contributed by atoms with Crippen molar-refractivity contribution in [1.29, 1.82) is 5.26 Å². The van der Waals surface area contributed by atoms with E-state index in [9.17, 15) is 10.1 Å². The van der Waals surface area contributed by atoms with Gasteiger partial charge < -0.3 is 19.7 Å². The number of nitrogens with zero attached hydrogens (tertiary/aromatic N) is 5. The number of nitriles is 1. The smallest absolute Gasteiger partial charge is 0.264 e. The van der Waals surface area contributed by atoms with Gasteiger partial charge in [0.25, 0.3) is 5.91 Å². The fraction of sp³-hybridized carbons (Fsp3) is 0.129. The van der Waals surface area contributed by atoms with E-state index in [0.29, 0.717) is 59.3 Å². The summed E-state index contributed by atoms with van der Waals surface area (Å²) in [6, 6.07) is 26.0. The van der Waals surface area contributed by atoms with Crippen LogP contribution in [0.5, 0.6) is 23.0 Å². The summed E-state index contributed by atoms with van der Waals surface area (Å²) in [6.45, 7) is 0.937. The molecule has 6 rings (SSSR count). The summed E-state index contributed by atoms with van der Waals surface area (Å²) in [5.41, 5.74) is 1.19. The number of aromatic nitrogens is 4. The number of H-pyrrole nitrogens is 1. The third-order valence-corrected chi connectivity index (χ3v) is 6.60. The van der Waals surface area contributed by atoms with E-state index in [1.54, 1.807) is 35.5 Å². The molecule has 1 aliphatic heterocycles. The Labute approximate surface area is 235 Å². The number of pyridine rings is 2. The van der Waals surface area contributed by atoms with Gasteiger partial charge in [0, 0.05) is 37.6 Å². The first kappa shape index (κ1) is 25.6. The van der Waals surface area contributed by atoms with E-state index in [1.165, 1.54) is 6.08 Å². The molecule has 0 saturated carbocycles. The Balaban J connectivity index is 1.14. The summed E-state index contributed by atoms with van der Waals surface area (Å²) in [5, 5.41) is 21.1. The van der Waals surface area contributed by atoms with Gasteiger partial charge in [-0.15, -0.1) is 0 Å². The molecule has 1 atom stereocenters. The van der Waals surface area contributed by atoms with Gasteiger partial charge in [0.15, 0.2) is 11.5 Å². The number of aromatic amines is 1. The second-order valence-electron chi connectivity index (χ2n) is 9.40. The van der Waals surface area contributed by atoms with Crippen LogP contribution in [0.25, 0.3) is 17.1 Å². The molecule has 1 saturated heterocycles. The second kappa shape index (κ2) is 11.6. The van der Waals surface area contributed by atoms with Gasteiger partial charge in [-0.2, -0.15) is 10.4 Å². The van der Waals surface area contributed by atoms with Crippen LogP contribution >= 0.6 is 0 Å². The number of hydrogen-bond donors (Lipinski definition) is 2. The SMILES string of the molecule is N#CC(=Cc1ccccn1)C(=O)N1CC[C@@H](Nc2n[nH]c3nccc(Oc4ccc(Oc5ccccc5)cc4)c23)C1. The van der Waals surface area contributed by atoms with E-state index in [0.717, 1.165) is 5.75 Å². The lowest BCUT2D eigenvalue weighted by Gasteiger charge is -2.17. The highest BCUT2D eigenvalue weighted by Crippen LogP contribution is 2.34. The van der Waals surface area contributed by atoms with Gasteiger partial charge in [0.1, 0.15) is 40.0 Å². The Kier molecular flexibility index (Phi) is 7.23. The van der Waals surface area contributed by atoms with Gasteiger partial charge in [-0.3, -0.25) is 14.9 Å². The largest absolute Gasteiger partial charge is 0.457 e. The number of carbonyl (C=O) groups excluding carboxylic acids is 1. The average molecular weight is 544 g/mol. The standard InChI is InChI=1S/C31H25N7O3/c32-19-21(18-22-6-4-5-15-33-22)31(39)38-17-14-23(20-38)35-30-28-27(13-16-34-29(28)36-37-30)41-26-11-9-25(10-12-26)40-24-7-2-1-3-8-24/h1-13,15-16,18,23H,14,17,20H2,(H2,34,35,36,37)/t23-/m1/s1. The zero-order valence-corrected chi connectivity index (χ0v) is 21.9. The molecular formula is C31H25N7O3. The fourth-order valence-electron chi connectivity index (χ4n) is 4.62. The molecule has 10 nitrogen and oxygen atoms in total. The molecule has 2 aromatic carbocycles. The van der Waals surface area contributed by atoms with E-state index in [-0.39, 0.29) is 17.5 Å². The number of para-hydroxylation sites is 1. The maximum absolute atomic E-state index is 13.0. The second-order valence-corrected chi connectivity index (χ2v) is 9.40. The molecule has 0 radical (unpaired) electrons. The molecule has 0 spiro atoms. The van der Waals surface area contributed by atoms with E-state index >= 15 is 0 Å². The summed E-state index contributed by atoms with van der Waals surface area (Å²) in [7, 11) is 0. The van der Waals surface area contributed by atoms with Crippen LogP contribution in [0.4, 0.5) is 5.82 Å². The summed E-state index contributed by atoms with van der Waals surface area (Å²) >= 11 is 0. The maximum atomic E-state index is 13.0. The molecular weight excluding hydrogens is 518 g/mol. The lowest BCUT2D eigenvalue weighted by molar-refractivity contribution is -0.125. The molecule has 0 unspecified atom stereocenters. The van der Waals surface area contributed by atoms with Crippen LogP contribution < -0.4 is 14.8 Å². The quantitative estimate of drug-likeness (QED) is 0.192. The molecule has 5 aromatic rings. The van der Waals surface area contributed by atoms with Crippen molar-refractivity contribution in [1.82, 2.24) is 25.1 Å². The highest BCUT2D eigenvalue weighted by molar-refractivity contribution is 6.01. The van der Waals surface area contributed by atoms with E-state index in [2.05, 4.69) is 25.5 Å². The first-order valence-electron chi connectivity index (χ1n) is 13.1. The molecule has 41 heavy (non-hydrogen) atoms. The van der Waals surface area contributed by atoms with Crippen molar-refractivity contribution < 1.29 is 14.3 Å². The van der Waals surface area contributed by atoms with Crippen LogP contribution in [0, 0.1) is 11.3 Å². The third-order valence-electron chi connectivity index (χ3n) is 6.60. The Morgan fingerprint density at radius 3 is 2.46 bits per heavy atom. The van der Waals surface area contributed by atoms with Crippen LogP contribution in [0.1, 0.15) is 12.1 Å². The lowest BCUT2D eigenvalue weighted by atomic mass is 10.2. The topological polar surface area (TPSA) is 129 Å². The molecule has 0 bridgehead atoms. The lowest BCUT2D eigenvalue weighted by Crippen LogP contribution is -2.32. The van der Waals surface area contributed by atoms with Crippen LogP contribution in [-0.4, -0.2) is 50.1 Å². The number of likely N-dealkylation sites (tertiary alicyclic amines) is 1. The van der Waals surface area contributed by atoms with Crippen LogP contribution in [0.15, 0.2) is 96.8 Å². The third kappa shape index (κ3) is 5.84. The number of nitrogens with one attached hydrogen (secondary N) is 2. The molecule has 1 aliphatic rings. The summed E-state index contributed by atoms with van der Waals surface area (Å²) in [6.07, 6.45) is 5.49. The van der Waals surface area contributed by atoms with Gasteiger partial charge in [0.05, 0.1) is 5.69 Å². The predicted molar refractivity (Wildman–Crippen MR) is 153 cm³/mol. The molecule has 4 heterocycles. The molecule has 3 aromatic heterocycles. The van der Waals surface area contributed by atoms with Gasteiger partial charge in [0.2, 0.25) is 0 Å². The highest BCUT2D eigenvalue weighted by atomic mass is 16.5. The number of hydrogen-bond acceptors (Lipinski definition) is 8. The highest BCUT2D eigenvalue weighted by Gasteiger charge is 2.29. The summed E-state index contributed by atoms with van der Waals surface area (Å²) in [5.74, 6) is 2.93. The molecule has 0 aliphatic carbocycles. The molecule has 1 fully saturated rings. The average Bonchev–Trinajstić information content (AvgIpc) is 3.66. The summed E-state index contributed by atoms with van der Waals surface area (Å²) in [4.78, 5) is 23.3. The van der Waals surface area contributed by atoms with Gasteiger partial charge in [-0.1, -0.05) is 24.3 Å². The molecule has 2 N–H and O–H groups in total. The normalized spacial score (nSPS) is 15.0. The van der Waals surface area contributed by atoms with Crippen LogP contribution in [-0.2, 0) is 4.79 Å². The minimum absolute atomic E-state index is 0.0506. The number of benzene rings is 2. The van der Waals surface area contributed by atoms with Crippen molar-refractivity contribution in [3.8, 4) is 29.1 Å².